The van der Waals surface area contributed by atoms with Crippen LogP contribution in [0.4, 0.5) is 13.2 Å². The van der Waals surface area contributed by atoms with Crippen molar-refractivity contribution in [1.82, 2.24) is 0 Å². The molecule has 2 nitrogen and oxygen atoms in total. The van der Waals surface area contributed by atoms with Crippen molar-refractivity contribution in [2.24, 2.45) is 5.73 Å². The van der Waals surface area contributed by atoms with E-state index in [0.29, 0.717) is 11.3 Å². The molecule has 0 amide bonds. The molecule has 2 N–H and O–H groups in total. The minimum atomic E-state index is -4.15. The Bertz CT molecular complexity index is 359. The van der Waals surface area contributed by atoms with Gasteiger partial charge in [0, 0.05) is 12.5 Å². The molecule has 18 heavy (non-hydrogen) atoms. The Balaban J connectivity index is 2.56. The van der Waals surface area contributed by atoms with Crippen LogP contribution in [-0.4, -0.2) is 12.3 Å². The molecular weight excluding hydrogens is 243 g/mol. The van der Waals surface area contributed by atoms with Crippen molar-refractivity contribution in [2.75, 3.05) is 0 Å². The van der Waals surface area contributed by atoms with Crippen LogP contribution in [0.3, 0.4) is 0 Å². The fourth-order valence-corrected chi connectivity index (χ4v) is 1.55. The zero-order chi connectivity index (χ0) is 13.8. The van der Waals surface area contributed by atoms with Crippen molar-refractivity contribution >= 4 is 0 Å². The number of alkyl halides is 3. The van der Waals surface area contributed by atoms with E-state index < -0.39 is 18.6 Å². The van der Waals surface area contributed by atoms with E-state index in [-0.39, 0.29) is 12.5 Å². The van der Waals surface area contributed by atoms with Crippen molar-refractivity contribution in [3.8, 4) is 5.75 Å². The molecule has 0 fully saturated rings. The fraction of sp³-hybridized carbons (Fsp3) is 0.538. The molecule has 0 aromatic heterocycles. The van der Waals surface area contributed by atoms with Gasteiger partial charge in [-0.1, -0.05) is 12.1 Å². The van der Waals surface area contributed by atoms with Gasteiger partial charge in [-0.2, -0.15) is 13.2 Å². The molecule has 1 unspecified atom stereocenters. The molecule has 1 aromatic rings. The molecule has 102 valence electrons. The highest BCUT2D eigenvalue weighted by atomic mass is 19.4. The van der Waals surface area contributed by atoms with Gasteiger partial charge in [0.05, 0.1) is 6.10 Å². The van der Waals surface area contributed by atoms with Gasteiger partial charge in [-0.15, -0.1) is 0 Å². The van der Waals surface area contributed by atoms with E-state index >= 15 is 0 Å². The van der Waals surface area contributed by atoms with Gasteiger partial charge >= 0.3 is 6.18 Å². The van der Waals surface area contributed by atoms with E-state index in [1.165, 1.54) is 0 Å². The quantitative estimate of drug-likeness (QED) is 0.874. The van der Waals surface area contributed by atoms with E-state index in [1.807, 2.05) is 13.8 Å². The lowest BCUT2D eigenvalue weighted by molar-refractivity contribution is -0.136. The van der Waals surface area contributed by atoms with Gasteiger partial charge in [0.1, 0.15) is 5.75 Å². The van der Waals surface area contributed by atoms with Gasteiger partial charge in [0.15, 0.2) is 0 Å². The molecular formula is C13H18F3NO. The van der Waals surface area contributed by atoms with E-state index in [1.54, 1.807) is 24.3 Å². The molecule has 1 aromatic carbocycles. The summed E-state index contributed by atoms with van der Waals surface area (Å²) >= 11 is 0. The normalized spacial score (nSPS) is 13.7. The number of ether oxygens (including phenoxy) is 1. The summed E-state index contributed by atoms with van der Waals surface area (Å²) in [6.45, 7) is 3.81. The number of benzene rings is 1. The molecule has 0 spiro atoms. The minimum absolute atomic E-state index is 0.0646. The molecule has 0 heterocycles. The third kappa shape index (κ3) is 5.40. The Morgan fingerprint density at radius 3 is 2.17 bits per heavy atom. The predicted molar refractivity (Wildman–Crippen MR) is 64.4 cm³/mol. The van der Waals surface area contributed by atoms with Crippen molar-refractivity contribution in [2.45, 2.75) is 45.0 Å². The fourth-order valence-electron chi connectivity index (χ4n) is 1.55. The van der Waals surface area contributed by atoms with E-state index in [2.05, 4.69) is 0 Å². The lowest BCUT2D eigenvalue weighted by atomic mass is 10.0. The molecule has 0 aliphatic rings. The van der Waals surface area contributed by atoms with Crippen molar-refractivity contribution in [3.63, 3.8) is 0 Å². The number of halogens is 3. The average molecular weight is 261 g/mol. The summed E-state index contributed by atoms with van der Waals surface area (Å²) in [5, 5.41) is 0. The number of hydrogen-bond acceptors (Lipinski definition) is 2. The van der Waals surface area contributed by atoms with Gasteiger partial charge in [0.2, 0.25) is 0 Å². The molecule has 1 atom stereocenters. The van der Waals surface area contributed by atoms with Gasteiger partial charge in [-0.25, -0.2) is 0 Å². The molecule has 0 saturated carbocycles. The maximum atomic E-state index is 12.1. The Labute approximate surface area is 105 Å². The topological polar surface area (TPSA) is 35.2 Å². The first-order valence-corrected chi connectivity index (χ1v) is 5.87. The Morgan fingerprint density at radius 1 is 1.17 bits per heavy atom. The zero-order valence-electron chi connectivity index (χ0n) is 10.5. The summed E-state index contributed by atoms with van der Waals surface area (Å²) in [5.41, 5.74) is 6.40. The Kier molecular flexibility index (Phi) is 5.02. The first-order chi connectivity index (χ1) is 8.28. The Hall–Kier alpha value is -1.23. The highest BCUT2D eigenvalue weighted by Crippen LogP contribution is 2.27. The van der Waals surface area contributed by atoms with Gasteiger partial charge in [-0.3, -0.25) is 0 Å². The molecule has 0 bridgehead atoms. The SMILES string of the molecule is CC(C)Oc1ccc(C(N)CCC(F)(F)F)cc1. The summed E-state index contributed by atoms with van der Waals surface area (Å²) < 4.78 is 41.6. The summed E-state index contributed by atoms with van der Waals surface area (Å²) in [7, 11) is 0. The molecule has 0 aliphatic carbocycles. The van der Waals surface area contributed by atoms with Crippen LogP contribution in [0.25, 0.3) is 0 Å². The van der Waals surface area contributed by atoms with Crippen molar-refractivity contribution in [3.05, 3.63) is 29.8 Å². The standard InChI is InChI=1S/C13H18F3NO/c1-9(2)18-11-5-3-10(4-6-11)12(17)7-8-13(14,15)16/h3-6,9,12H,7-8,17H2,1-2H3. The first kappa shape index (κ1) is 14.8. The van der Waals surface area contributed by atoms with Crippen LogP contribution in [0.2, 0.25) is 0 Å². The second-order valence-electron chi connectivity index (χ2n) is 4.50. The van der Waals surface area contributed by atoms with Gasteiger partial charge in [0.25, 0.3) is 0 Å². The molecule has 1 rings (SSSR count). The second-order valence-corrected chi connectivity index (χ2v) is 4.50. The third-order valence-corrected chi connectivity index (χ3v) is 2.42. The minimum Gasteiger partial charge on any atom is -0.491 e. The summed E-state index contributed by atoms with van der Waals surface area (Å²) in [6.07, 6.45) is -5.06. The predicted octanol–water partition coefficient (Wildman–Crippen LogP) is 3.82. The Morgan fingerprint density at radius 2 is 1.72 bits per heavy atom. The van der Waals surface area contributed by atoms with Crippen LogP contribution < -0.4 is 10.5 Å². The highest BCUT2D eigenvalue weighted by molar-refractivity contribution is 5.29. The van der Waals surface area contributed by atoms with E-state index in [0.717, 1.165) is 0 Å². The third-order valence-electron chi connectivity index (χ3n) is 2.42. The lowest BCUT2D eigenvalue weighted by Gasteiger charge is -2.15. The molecule has 0 aliphatic heterocycles. The number of hydrogen-bond donors (Lipinski definition) is 1. The number of rotatable bonds is 5. The summed E-state index contributed by atoms with van der Waals surface area (Å²) in [6, 6.07) is 6.27. The van der Waals surface area contributed by atoms with Crippen molar-refractivity contribution < 1.29 is 17.9 Å². The van der Waals surface area contributed by atoms with Crippen LogP contribution in [0.1, 0.15) is 38.3 Å². The molecule has 0 radical (unpaired) electrons. The summed E-state index contributed by atoms with van der Waals surface area (Å²) in [5.74, 6) is 0.691. The highest BCUT2D eigenvalue weighted by Gasteiger charge is 2.27. The first-order valence-electron chi connectivity index (χ1n) is 5.87. The van der Waals surface area contributed by atoms with Crippen LogP contribution in [-0.2, 0) is 0 Å². The average Bonchev–Trinajstić information content (AvgIpc) is 2.25. The molecule has 5 heteroatoms. The summed E-state index contributed by atoms with van der Waals surface area (Å²) in [4.78, 5) is 0. The maximum absolute atomic E-state index is 12.1. The largest absolute Gasteiger partial charge is 0.491 e. The van der Waals surface area contributed by atoms with Gasteiger partial charge < -0.3 is 10.5 Å². The van der Waals surface area contributed by atoms with Crippen LogP contribution >= 0.6 is 0 Å². The molecule has 0 saturated heterocycles. The maximum Gasteiger partial charge on any atom is 0.389 e. The van der Waals surface area contributed by atoms with E-state index in [9.17, 15) is 13.2 Å². The second kappa shape index (κ2) is 6.09. The van der Waals surface area contributed by atoms with Crippen LogP contribution in [0.15, 0.2) is 24.3 Å². The van der Waals surface area contributed by atoms with Gasteiger partial charge in [-0.05, 0) is 38.0 Å². The van der Waals surface area contributed by atoms with Crippen molar-refractivity contribution in [1.29, 1.82) is 0 Å². The van der Waals surface area contributed by atoms with Crippen LogP contribution in [0.5, 0.6) is 5.75 Å². The number of nitrogens with two attached hydrogens (primary N) is 1. The zero-order valence-corrected chi connectivity index (χ0v) is 10.5. The lowest BCUT2D eigenvalue weighted by Crippen LogP contribution is -2.15. The van der Waals surface area contributed by atoms with Crippen LogP contribution in [0, 0.1) is 0 Å². The smallest absolute Gasteiger partial charge is 0.389 e. The monoisotopic (exact) mass is 261 g/mol. The van der Waals surface area contributed by atoms with E-state index in [4.69, 9.17) is 10.5 Å².